The standard InChI is InChI=1S/C16H24N4/c1-3-13(2)20-9-7-16(18-20)12-19-8-6-14(11-19)10-17-15-4-5-15/h6-9,11,13,15,17H,3-5,10,12H2,1-2H3. The molecule has 1 aliphatic rings. The van der Waals surface area contributed by atoms with Crippen LogP contribution >= 0.6 is 0 Å². The monoisotopic (exact) mass is 272 g/mol. The molecule has 1 saturated carbocycles. The van der Waals surface area contributed by atoms with Gasteiger partial charge in [-0.05, 0) is 43.9 Å². The first-order valence-corrected chi connectivity index (χ1v) is 7.66. The third-order valence-corrected chi connectivity index (χ3v) is 4.03. The predicted molar refractivity (Wildman–Crippen MR) is 80.6 cm³/mol. The molecule has 0 aliphatic heterocycles. The molecule has 0 radical (unpaired) electrons. The Morgan fingerprint density at radius 2 is 2.20 bits per heavy atom. The fourth-order valence-corrected chi connectivity index (χ4v) is 2.32. The third-order valence-electron chi connectivity index (χ3n) is 4.03. The highest BCUT2D eigenvalue weighted by Crippen LogP contribution is 2.19. The average Bonchev–Trinajstić information content (AvgIpc) is 2.99. The molecule has 2 aromatic rings. The van der Waals surface area contributed by atoms with Gasteiger partial charge in [0, 0.05) is 37.2 Å². The van der Waals surface area contributed by atoms with Crippen molar-refractivity contribution in [3.8, 4) is 0 Å². The van der Waals surface area contributed by atoms with Crippen LogP contribution in [0.2, 0.25) is 0 Å². The molecule has 1 atom stereocenters. The zero-order valence-electron chi connectivity index (χ0n) is 12.4. The maximum atomic E-state index is 4.65. The van der Waals surface area contributed by atoms with Gasteiger partial charge in [-0.2, -0.15) is 5.10 Å². The Bertz CT molecular complexity index is 550. The minimum atomic E-state index is 0.478. The van der Waals surface area contributed by atoms with E-state index in [0.29, 0.717) is 6.04 Å². The van der Waals surface area contributed by atoms with E-state index in [-0.39, 0.29) is 0 Å². The van der Waals surface area contributed by atoms with Gasteiger partial charge in [0.15, 0.2) is 0 Å². The van der Waals surface area contributed by atoms with Crippen LogP contribution in [-0.2, 0) is 13.1 Å². The molecule has 2 aromatic heterocycles. The molecule has 1 N–H and O–H groups in total. The summed E-state index contributed by atoms with van der Waals surface area (Å²) < 4.78 is 4.28. The van der Waals surface area contributed by atoms with E-state index in [1.165, 1.54) is 18.4 Å². The van der Waals surface area contributed by atoms with Gasteiger partial charge in [-0.3, -0.25) is 4.68 Å². The number of nitrogens with zero attached hydrogens (tertiary/aromatic N) is 3. The molecule has 1 fully saturated rings. The number of aromatic nitrogens is 3. The van der Waals surface area contributed by atoms with Crippen LogP contribution in [0.5, 0.6) is 0 Å². The van der Waals surface area contributed by atoms with E-state index in [2.05, 4.69) is 64.2 Å². The van der Waals surface area contributed by atoms with Crippen LogP contribution in [0, 0.1) is 0 Å². The van der Waals surface area contributed by atoms with E-state index in [1.807, 2.05) is 0 Å². The highest BCUT2D eigenvalue weighted by Gasteiger charge is 2.19. The van der Waals surface area contributed by atoms with E-state index in [9.17, 15) is 0 Å². The Morgan fingerprint density at radius 1 is 1.35 bits per heavy atom. The van der Waals surface area contributed by atoms with Crippen molar-refractivity contribution in [2.75, 3.05) is 0 Å². The largest absolute Gasteiger partial charge is 0.348 e. The van der Waals surface area contributed by atoms with Crippen LogP contribution in [0.25, 0.3) is 0 Å². The first kappa shape index (κ1) is 13.4. The second-order valence-electron chi connectivity index (χ2n) is 5.89. The zero-order chi connectivity index (χ0) is 13.9. The number of rotatable bonds is 7. The summed E-state index contributed by atoms with van der Waals surface area (Å²) in [7, 11) is 0. The Kier molecular flexibility index (Phi) is 3.92. The second kappa shape index (κ2) is 5.83. The van der Waals surface area contributed by atoms with Gasteiger partial charge in [0.25, 0.3) is 0 Å². The van der Waals surface area contributed by atoms with Crippen molar-refractivity contribution in [3.05, 3.63) is 42.0 Å². The van der Waals surface area contributed by atoms with Gasteiger partial charge in [-0.25, -0.2) is 0 Å². The SMILES string of the molecule is CCC(C)n1ccc(Cn2ccc(CNC3CC3)c2)n1. The van der Waals surface area contributed by atoms with Crippen molar-refractivity contribution in [2.24, 2.45) is 0 Å². The molecular weight excluding hydrogens is 248 g/mol. The molecular formula is C16H24N4. The fourth-order valence-electron chi connectivity index (χ4n) is 2.32. The lowest BCUT2D eigenvalue weighted by molar-refractivity contribution is 0.472. The summed E-state index contributed by atoms with van der Waals surface area (Å²) >= 11 is 0. The van der Waals surface area contributed by atoms with Gasteiger partial charge >= 0.3 is 0 Å². The van der Waals surface area contributed by atoms with Crippen molar-refractivity contribution in [2.45, 2.75) is 58.3 Å². The Labute approximate surface area is 120 Å². The summed E-state index contributed by atoms with van der Waals surface area (Å²) in [5.74, 6) is 0. The van der Waals surface area contributed by atoms with Gasteiger partial charge < -0.3 is 9.88 Å². The Balaban J connectivity index is 1.57. The first-order chi connectivity index (χ1) is 9.74. The Hall–Kier alpha value is -1.55. The van der Waals surface area contributed by atoms with Crippen LogP contribution in [0.15, 0.2) is 30.7 Å². The number of nitrogens with one attached hydrogen (secondary N) is 1. The molecule has 108 valence electrons. The molecule has 2 heterocycles. The smallest absolute Gasteiger partial charge is 0.0821 e. The lowest BCUT2D eigenvalue weighted by Crippen LogP contribution is -2.14. The molecule has 1 unspecified atom stereocenters. The van der Waals surface area contributed by atoms with Crippen molar-refractivity contribution in [1.29, 1.82) is 0 Å². The van der Waals surface area contributed by atoms with Crippen molar-refractivity contribution >= 4 is 0 Å². The van der Waals surface area contributed by atoms with Crippen LogP contribution in [-0.4, -0.2) is 20.4 Å². The van der Waals surface area contributed by atoms with Crippen LogP contribution in [0.1, 0.15) is 50.4 Å². The fraction of sp³-hybridized carbons (Fsp3) is 0.562. The minimum Gasteiger partial charge on any atom is -0.348 e. The molecule has 0 amide bonds. The normalized spacial score (nSPS) is 16.5. The van der Waals surface area contributed by atoms with Crippen molar-refractivity contribution in [1.82, 2.24) is 19.7 Å². The maximum Gasteiger partial charge on any atom is 0.0821 e. The van der Waals surface area contributed by atoms with Gasteiger partial charge in [-0.15, -0.1) is 0 Å². The second-order valence-corrected chi connectivity index (χ2v) is 5.89. The molecule has 20 heavy (non-hydrogen) atoms. The predicted octanol–water partition coefficient (Wildman–Crippen LogP) is 2.96. The van der Waals surface area contributed by atoms with E-state index < -0.39 is 0 Å². The quantitative estimate of drug-likeness (QED) is 0.841. The van der Waals surface area contributed by atoms with Gasteiger partial charge in [0.1, 0.15) is 0 Å². The Morgan fingerprint density at radius 3 is 2.95 bits per heavy atom. The lowest BCUT2D eigenvalue weighted by Gasteiger charge is -2.08. The van der Waals surface area contributed by atoms with Gasteiger partial charge in [0.2, 0.25) is 0 Å². The highest BCUT2D eigenvalue weighted by molar-refractivity contribution is 5.12. The average molecular weight is 272 g/mol. The molecule has 1 aliphatic carbocycles. The van der Waals surface area contributed by atoms with Crippen LogP contribution in [0.3, 0.4) is 0 Å². The van der Waals surface area contributed by atoms with E-state index >= 15 is 0 Å². The zero-order valence-corrected chi connectivity index (χ0v) is 12.4. The van der Waals surface area contributed by atoms with Gasteiger partial charge in [0.05, 0.1) is 12.2 Å². The summed E-state index contributed by atoms with van der Waals surface area (Å²) in [4.78, 5) is 0. The third kappa shape index (κ3) is 3.31. The molecule has 4 nitrogen and oxygen atoms in total. The first-order valence-electron chi connectivity index (χ1n) is 7.66. The van der Waals surface area contributed by atoms with E-state index in [4.69, 9.17) is 0 Å². The number of hydrogen-bond donors (Lipinski definition) is 1. The van der Waals surface area contributed by atoms with Gasteiger partial charge in [-0.1, -0.05) is 6.92 Å². The topological polar surface area (TPSA) is 34.8 Å². The van der Waals surface area contributed by atoms with E-state index in [0.717, 1.165) is 31.2 Å². The van der Waals surface area contributed by atoms with Crippen molar-refractivity contribution < 1.29 is 0 Å². The van der Waals surface area contributed by atoms with E-state index in [1.54, 1.807) is 0 Å². The molecule has 0 spiro atoms. The summed E-state index contributed by atoms with van der Waals surface area (Å²) in [6, 6.07) is 5.56. The number of hydrogen-bond acceptors (Lipinski definition) is 2. The molecule has 3 rings (SSSR count). The maximum absolute atomic E-state index is 4.65. The highest BCUT2D eigenvalue weighted by atomic mass is 15.3. The molecule has 0 bridgehead atoms. The lowest BCUT2D eigenvalue weighted by atomic mass is 10.3. The molecule has 0 saturated heterocycles. The summed E-state index contributed by atoms with van der Waals surface area (Å²) in [6.45, 7) is 6.23. The molecule has 0 aromatic carbocycles. The van der Waals surface area contributed by atoms with Crippen molar-refractivity contribution in [3.63, 3.8) is 0 Å². The van der Waals surface area contributed by atoms with Crippen LogP contribution < -0.4 is 5.32 Å². The minimum absolute atomic E-state index is 0.478. The summed E-state index contributed by atoms with van der Waals surface area (Å²) in [6.07, 6.45) is 10.2. The molecule has 4 heteroatoms. The summed E-state index contributed by atoms with van der Waals surface area (Å²) in [5.41, 5.74) is 2.49. The van der Waals surface area contributed by atoms with Crippen LogP contribution in [0.4, 0.5) is 0 Å². The summed E-state index contributed by atoms with van der Waals surface area (Å²) in [5, 5.41) is 8.19.